The molecule has 2 fully saturated rings. The first-order valence-corrected chi connectivity index (χ1v) is 35.1. The van der Waals surface area contributed by atoms with E-state index in [-0.39, 0.29) is 49.5 Å². The smallest absolute Gasteiger partial charge is 0.328 e. The number of hydrogen-bond acceptors (Lipinski definition) is 17. The first-order valence-electron chi connectivity index (χ1n) is 31.2. The lowest BCUT2D eigenvalue weighted by atomic mass is 9.80. The second kappa shape index (κ2) is 27.4. The Labute approximate surface area is 550 Å². The molecule has 0 spiro atoms. The van der Waals surface area contributed by atoms with E-state index in [4.69, 9.17) is 47.1 Å². The van der Waals surface area contributed by atoms with Gasteiger partial charge in [0, 0.05) is 30.6 Å². The van der Waals surface area contributed by atoms with Crippen LogP contribution in [0.25, 0.3) is 22.3 Å². The molecule has 2 amide bonds. The summed E-state index contributed by atoms with van der Waals surface area (Å²) in [4.78, 5) is 54.6. The summed E-state index contributed by atoms with van der Waals surface area (Å²) in [5, 5.41) is 7.47. The van der Waals surface area contributed by atoms with Crippen LogP contribution in [-0.4, -0.2) is 118 Å². The lowest BCUT2D eigenvalue weighted by molar-refractivity contribution is -0.0918. The van der Waals surface area contributed by atoms with Crippen LogP contribution in [0.1, 0.15) is 83.5 Å². The number of hydrogen-bond donors (Lipinski definition) is 2. The molecule has 2 N–H and O–H groups in total. The molecule has 0 bridgehead atoms. The van der Waals surface area contributed by atoms with E-state index in [1.807, 2.05) is 127 Å². The molecule has 2 aliphatic heterocycles. The maximum atomic E-state index is 15.6. The highest BCUT2D eigenvalue weighted by atomic mass is 31.2. The first-order chi connectivity index (χ1) is 46.1. The van der Waals surface area contributed by atoms with Crippen molar-refractivity contribution >= 4 is 72.1 Å². The van der Waals surface area contributed by atoms with Gasteiger partial charge >= 0.3 is 7.60 Å². The molecule has 2 aliphatic rings. The number of ether oxygens (including phenoxy) is 5. The minimum Gasteiger partial charge on any atom is -0.497 e. The zero-order valence-corrected chi connectivity index (χ0v) is 55.1. The molecule has 21 nitrogen and oxygen atoms in total. The Morgan fingerprint density at radius 1 is 0.537 bits per heavy atom. The molecule has 4 aromatic heterocycles. The van der Waals surface area contributed by atoms with Crippen molar-refractivity contribution in [1.29, 1.82) is 0 Å². The van der Waals surface area contributed by atoms with Crippen LogP contribution in [0.2, 0.25) is 5.04 Å². The minimum absolute atomic E-state index is 0.115. The number of carbonyl (C=O) groups is 2. The molecular weight excluding hydrogens is 1240 g/mol. The van der Waals surface area contributed by atoms with Gasteiger partial charge in [0.2, 0.25) is 0 Å². The number of carbonyl (C=O) groups excluding carboxylic acids is 2. The van der Waals surface area contributed by atoms with E-state index in [9.17, 15) is 9.59 Å². The number of anilines is 2. The first kappa shape index (κ1) is 64.1. The second-order valence-electron chi connectivity index (χ2n) is 24.3. The number of benzene rings is 7. The maximum absolute atomic E-state index is 15.6. The predicted molar refractivity (Wildman–Crippen MR) is 362 cm³/mol. The van der Waals surface area contributed by atoms with Gasteiger partial charge in [-0.1, -0.05) is 172 Å². The minimum atomic E-state index is -4.15. The topological polar surface area (TPSA) is 236 Å². The van der Waals surface area contributed by atoms with Gasteiger partial charge in [0.15, 0.2) is 34.0 Å². The third-order valence-electron chi connectivity index (χ3n) is 17.4. The van der Waals surface area contributed by atoms with Gasteiger partial charge in [-0.2, -0.15) is 0 Å². The Hall–Kier alpha value is -9.61. The summed E-state index contributed by atoms with van der Waals surface area (Å²) < 4.78 is 73.5. The number of nitrogens with one attached hydrogen (secondary N) is 2. The van der Waals surface area contributed by atoms with Gasteiger partial charge in [-0.05, 0) is 80.6 Å². The molecule has 95 heavy (non-hydrogen) atoms. The molecule has 484 valence electrons. The second-order valence-corrected chi connectivity index (χ2v) is 30.6. The highest BCUT2D eigenvalue weighted by Gasteiger charge is 2.55. The van der Waals surface area contributed by atoms with Crippen molar-refractivity contribution in [3.63, 3.8) is 0 Å². The summed E-state index contributed by atoms with van der Waals surface area (Å²) in [6.07, 6.45) is 1.34. The van der Waals surface area contributed by atoms with Crippen LogP contribution in [0, 0.1) is 0 Å². The van der Waals surface area contributed by atoms with Gasteiger partial charge in [0.1, 0.15) is 54.4 Å². The summed E-state index contributed by atoms with van der Waals surface area (Å²) in [5.41, 5.74) is 3.44. The molecule has 7 atom stereocenters. The summed E-state index contributed by atoms with van der Waals surface area (Å²) in [7, 11) is -4.21. The molecule has 0 aliphatic carbocycles. The summed E-state index contributed by atoms with van der Waals surface area (Å²) in [5.74, 6) is 1.01. The molecule has 7 aromatic carbocycles. The molecule has 6 heterocycles. The van der Waals surface area contributed by atoms with E-state index in [0.29, 0.717) is 45.0 Å². The molecule has 0 radical (unpaired) electrons. The Kier molecular flexibility index (Phi) is 18.5. The third-order valence-corrected chi connectivity index (χ3v) is 23.8. The highest BCUT2D eigenvalue weighted by Crippen LogP contribution is 2.52. The SMILES string of the molecule is COc1ccc(C(OC[C@H]2O[C@@H](n3cnc4c(NC(=O)c5ccccc5)ncnc43)C[C@@H]2O[P@@](C)(=O)OC[C@H]2O[C@@H](n3cnc4c(NC(=O)c5ccccc5)ncnc43)C[C@@H]2O[Si](c2ccccc2)(c2ccccc2)C(C)(C)C)(c2ccccc2)c2ccc(OC)cc2)cc1. The number of imidazole rings is 2. The number of amides is 2. The summed E-state index contributed by atoms with van der Waals surface area (Å²) in [6, 6.07) is 63.6. The third kappa shape index (κ3) is 13.1. The van der Waals surface area contributed by atoms with Gasteiger partial charge in [0.25, 0.3) is 20.1 Å². The Balaban J connectivity index is 0.847. The number of nitrogens with zero attached hydrogens (tertiary/aromatic N) is 8. The van der Waals surface area contributed by atoms with Crippen molar-refractivity contribution in [2.75, 3.05) is 44.7 Å². The monoisotopic (exact) mass is 1310 g/mol. The van der Waals surface area contributed by atoms with E-state index < -0.39 is 63.4 Å². The lowest BCUT2D eigenvalue weighted by Gasteiger charge is -2.45. The van der Waals surface area contributed by atoms with Crippen LogP contribution < -0.4 is 30.5 Å². The molecule has 2 saturated heterocycles. The van der Waals surface area contributed by atoms with Crippen molar-refractivity contribution in [3.05, 3.63) is 253 Å². The van der Waals surface area contributed by atoms with Crippen LogP contribution in [0.15, 0.2) is 225 Å². The Morgan fingerprint density at radius 3 is 1.39 bits per heavy atom. The van der Waals surface area contributed by atoms with Crippen molar-refractivity contribution in [2.24, 2.45) is 0 Å². The van der Waals surface area contributed by atoms with E-state index >= 15 is 4.57 Å². The molecule has 0 unspecified atom stereocenters. The van der Waals surface area contributed by atoms with Crippen molar-refractivity contribution in [2.45, 2.75) is 81.1 Å². The Morgan fingerprint density at radius 2 is 0.947 bits per heavy atom. The average Bonchev–Trinajstić information content (AvgIpc) is 1.15. The fraction of sp³-hybridized carbons (Fsp3) is 0.250. The number of aromatic nitrogens is 8. The zero-order valence-electron chi connectivity index (χ0n) is 53.2. The fourth-order valence-electron chi connectivity index (χ4n) is 12.8. The van der Waals surface area contributed by atoms with Crippen molar-refractivity contribution in [3.8, 4) is 11.5 Å². The normalized spacial score (nSPS) is 18.9. The molecule has 11 aromatic rings. The van der Waals surface area contributed by atoms with Crippen LogP contribution in [0.3, 0.4) is 0 Å². The number of fused-ring (bicyclic) bond motifs is 2. The number of rotatable bonds is 23. The van der Waals surface area contributed by atoms with E-state index in [1.54, 1.807) is 84.5 Å². The van der Waals surface area contributed by atoms with Crippen LogP contribution >= 0.6 is 7.60 Å². The van der Waals surface area contributed by atoms with Gasteiger partial charge in [-0.3, -0.25) is 23.3 Å². The van der Waals surface area contributed by atoms with E-state index in [1.165, 1.54) is 19.3 Å². The predicted octanol–water partition coefficient (Wildman–Crippen LogP) is 11.9. The maximum Gasteiger partial charge on any atom is 0.328 e. The summed E-state index contributed by atoms with van der Waals surface area (Å²) >= 11 is 0. The van der Waals surface area contributed by atoms with Gasteiger partial charge in [-0.15, -0.1) is 0 Å². The van der Waals surface area contributed by atoms with Gasteiger partial charge in [0.05, 0.1) is 52.3 Å². The summed E-state index contributed by atoms with van der Waals surface area (Å²) in [6.45, 7) is 7.70. The lowest BCUT2D eigenvalue weighted by Crippen LogP contribution is -2.68. The molecule has 0 saturated carbocycles. The van der Waals surface area contributed by atoms with Crippen LogP contribution in [-0.2, 0) is 37.9 Å². The van der Waals surface area contributed by atoms with Crippen LogP contribution in [0.4, 0.5) is 11.6 Å². The zero-order chi connectivity index (χ0) is 65.7. The van der Waals surface area contributed by atoms with Crippen molar-refractivity contribution in [1.82, 2.24) is 39.0 Å². The van der Waals surface area contributed by atoms with E-state index in [2.05, 4.69) is 75.6 Å². The largest absolute Gasteiger partial charge is 0.497 e. The highest BCUT2D eigenvalue weighted by molar-refractivity contribution is 7.53. The quantitative estimate of drug-likeness (QED) is 0.0344. The van der Waals surface area contributed by atoms with Crippen LogP contribution in [0.5, 0.6) is 11.5 Å². The average molecular weight is 1310 g/mol. The van der Waals surface area contributed by atoms with Gasteiger partial charge < -0.3 is 47.8 Å². The Bertz CT molecular complexity index is 4410. The molecular formula is C72H71N10O11PSi. The standard InChI is InChI=1S/C72H71N10O11PSi/c1-71(2,3)95(55-28-18-10-19-29-55,56-30-20-11-21-31-56)93-58-41-62(82-47-78-64-66(74-45-76-68(64)82)80-70(84)49-24-14-8-15-25-49)91-60(58)43-89-94(6,85)92-57-40-61(81-46-77-63-65(73-44-75-67(63)81)79-69(83)48-22-12-7-13-23-48)90-59(57)42-88-72(50-26-16-9-17-27-50,51-32-36-53(86-4)37-33-51)52-34-38-54(87-5)39-35-52/h7-39,44-47,57-62H,40-43H2,1-6H3,(H,73,75,79,83)(H,74,76,80,84)/t57-,58-,59+,60+,61+,62+,94-/m0/s1. The fourth-order valence-corrected chi connectivity index (χ4v) is 18.7. The molecule has 23 heteroatoms. The van der Waals surface area contributed by atoms with Crippen molar-refractivity contribution < 1.29 is 51.3 Å². The molecule has 13 rings (SSSR count). The van der Waals surface area contributed by atoms with E-state index in [0.717, 1.165) is 27.1 Å². The van der Waals surface area contributed by atoms with Gasteiger partial charge in [-0.25, -0.2) is 29.9 Å². The number of methoxy groups -OCH3 is 2.